The minimum absolute atomic E-state index is 0.0323. The molecular formula is C66H100O25Si. The monoisotopic (exact) mass is 1320 g/mol. The summed E-state index contributed by atoms with van der Waals surface area (Å²) in [6.45, 7) is 30.4. The molecule has 3 saturated carbocycles. The molecule has 0 amide bonds. The average molecular weight is 1320 g/mol. The summed E-state index contributed by atoms with van der Waals surface area (Å²) in [5.74, 6) is -5.81. The SMILES string of the molecule is CC(=O)OC[C@H]1O[C@@H](O[C@H]2[C@H](O[C@@H]3C[C@H](O[Si](C)(C)C(C)(C)C)CC4=CC[C@H]5[C@@H]6C[C@@H]7O[C@]8(CC[C@@H](C)CO8)[C@@H](C)[C@@H]7[C@@]6(C)CC[C@@H]5[C@]43C)O[C@H](C)[C@H](OC(C)=O)[C@@H]2O[C@@H]2OC[C@@H](OC(C)=O)[C@H](OC(C)=O)[C@H]2OC(C)=O)[C@H](OC(C)=O)[C@@H](OC(C)=O)[C@@H]1OC(C)=O. The van der Waals surface area contributed by atoms with Crippen molar-refractivity contribution >= 4 is 56.1 Å². The molecule has 8 fully saturated rings. The van der Waals surface area contributed by atoms with Crippen molar-refractivity contribution < 1.29 is 119 Å². The molecule has 0 N–H and O–H groups in total. The Labute approximate surface area is 540 Å². The van der Waals surface area contributed by atoms with Gasteiger partial charge in [0.1, 0.15) is 24.9 Å². The first-order chi connectivity index (χ1) is 43.0. The molecule has 0 aromatic rings. The van der Waals surface area contributed by atoms with Gasteiger partial charge in [-0.3, -0.25) is 38.4 Å². The van der Waals surface area contributed by atoms with Crippen LogP contribution in [0.1, 0.15) is 162 Å². The highest BCUT2D eigenvalue weighted by Gasteiger charge is 2.70. The molecule has 5 heterocycles. The Morgan fingerprint density at radius 1 is 0.598 bits per heavy atom. The van der Waals surface area contributed by atoms with Gasteiger partial charge in [0, 0.05) is 73.1 Å². The van der Waals surface area contributed by atoms with Crippen molar-refractivity contribution in [2.75, 3.05) is 19.8 Å². The van der Waals surface area contributed by atoms with E-state index in [2.05, 4.69) is 67.6 Å². The second-order valence-electron chi connectivity index (χ2n) is 29.3. The van der Waals surface area contributed by atoms with Crippen LogP contribution in [-0.4, -0.2) is 186 Å². The van der Waals surface area contributed by atoms with Crippen molar-refractivity contribution in [3.8, 4) is 0 Å². The van der Waals surface area contributed by atoms with Gasteiger partial charge in [-0.05, 0) is 105 Å². The molecule has 92 heavy (non-hydrogen) atoms. The molecule has 1 spiro atoms. The van der Waals surface area contributed by atoms with E-state index in [9.17, 15) is 38.4 Å². The summed E-state index contributed by atoms with van der Waals surface area (Å²) in [7, 11) is -2.49. The Morgan fingerprint density at radius 2 is 1.16 bits per heavy atom. The molecule has 0 radical (unpaired) electrons. The number of ether oxygens (including phenoxy) is 16. The van der Waals surface area contributed by atoms with Gasteiger partial charge < -0.3 is 80.2 Å². The Hall–Kier alpha value is -4.64. The zero-order valence-corrected chi connectivity index (χ0v) is 57.8. The summed E-state index contributed by atoms with van der Waals surface area (Å²) in [5.41, 5.74) is 0.427. The summed E-state index contributed by atoms with van der Waals surface area (Å²) < 4.78 is 109. The quantitative estimate of drug-likeness (QED) is 0.0592. The van der Waals surface area contributed by atoms with Crippen LogP contribution in [0.3, 0.4) is 0 Å². The van der Waals surface area contributed by atoms with E-state index in [0.29, 0.717) is 37.2 Å². The number of hydrogen-bond donors (Lipinski definition) is 0. The number of esters is 8. The highest BCUT2D eigenvalue weighted by Crippen LogP contribution is 2.71. The maximum atomic E-state index is 13.5. The summed E-state index contributed by atoms with van der Waals surface area (Å²) >= 11 is 0. The van der Waals surface area contributed by atoms with Crippen LogP contribution in [0, 0.1) is 46.3 Å². The van der Waals surface area contributed by atoms with Gasteiger partial charge in [-0.25, -0.2) is 0 Å². The summed E-state index contributed by atoms with van der Waals surface area (Å²) in [5, 5.41) is -0.178. The predicted octanol–water partition coefficient (Wildman–Crippen LogP) is 7.42. The van der Waals surface area contributed by atoms with Crippen LogP contribution in [-0.2, 0) is 119 Å². The zero-order chi connectivity index (χ0) is 67.5. The third kappa shape index (κ3) is 14.7. The van der Waals surface area contributed by atoms with E-state index >= 15 is 0 Å². The maximum Gasteiger partial charge on any atom is 0.303 e. The van der Waals surface area contributed by atoms with Crippen LogP contribution in [0.2, 0.25) is 18.1 Å². The number of fused-ring (bicyclic) bond motifs is 7. The van der Waals surface area contributed by atoms with Gasteiger partial charge in [-0.1, -0.05) is 60.1 Å². The second-order valence-corrected chi connectivity index (χ2v) is 34.0. The van der Waals surface area contributed by atoms with E-state index in [4.69, 9.17) is 80.2 Å². The first-order valence-electron chi connectivity index (χ1n) is 32.9. The standard InChI is InChI=1S/C66H100O25Si/c1-31-21-24-66(77-28-31)32(2)51-47(90-66)27-46-44-20-19-42-25-43(91-92(17,18)63(12,13)14)26-50(65(42,16)45(44)22-23-64(46,51)15)87-61-59(89-62-58(85-41(11)74)56(83-39(9)72)53(81-37(7)70)49(86-62)29-75-34(4)67)55(52(33(3)78-61)80-36(6)69)88-60-57(84-40(10)73)54(82-38(8)71)48(30-76-60)79-35(5)68/h19,31-33,43-62H,20-30H2,1-18H3/t31-,32+,33-,43-,44-,45+,46+,47+,48-,49-,50-,51+,52+,53-,54+,55+,56+,57-,58-,59-,60+,61+,62+,64+,65+,66-/m1/s1. The minimum atomic E-state index is -2.49. The van der Waals surface area contributed by atoms with E-state index in [1.807, 2.05) is 0 Å². The molecule has 9 aliphatic rings. The molecule has 9 rings (SSSR count). The lowest BCUT2D eigenvalue weighted by molar-refractivity contribution is -0.392. The molecule has 5 saturated heterocycles. The lowest BCUT2D eigenvalue weighted by Crippen LogP contribution is -2.68. The number of carbonyl (C=O) groups is 8. The van der Waals surface area contributed by atoms with Crippen molar-refractivity contribution in [1.82, 2.24) is 0 Å². The number of hydrogen-bond acceptors (Lipinski definition) is 25. The van der Waals surface area contributed by atoms with Crippen molar-refractivity contribution in [2.45, 2.75) is 290 Å². The van der Waals surface area contributed by atoms with Crippen molar-refractivity contribution in [3.05, 3.63) is 11.6 Å². The Kier molecular flexibility index (Phi) is 21.7. The van der Waals surface area contributed by atoms with Crippen LogP contribution in [0.15, 0.2) is 11.6 Å². The number of rotatable bonds is 17. The third-order valence-corrected chi connectivity index (χ3v) is 26.4. The minimum Gasteiger partial charge on any atom is -0.463 e. The van der Waals surface area contributed by atoms with Gasteiger partial charge in [-0.15, -0.1) is 0 Å². The van der Waals surface area contributed by atoms with E-state index in [1.165, 1.54) is 12.5 Å². The lowest BCUT2D eigenvalue weighted by atomic mass is 9.46. The van der Waals surface area contributed by atoms with Crippen LogP contribution in [0.5, 0.6) is 0 Å². The summed E-state index contributed by atoms with van der Waals surface area (Å²) in [6, 6.07) is 0. The van der Waals surface area contributed by atoms with Gasteiger partial charge in [0.05, 0.1) is 37.6 Å². The molecule has 4 aliphatic carbocycles. The molecular weight excluding hydrogens is 1220 g/mol. The average Bonchev–Trinajstić information content (AvgIpc) is 1.45. The highest BCUT2D eigenvalue weighted by atomic mass is 28.4. The molecule has 0 unspecified atom stereocenters. The Balaban J connectivity index is 1.18. The molecule has 518 valence electrons. The van der Waals surface area contributed by atoms with Crippen LogP contribution < -0.4 is 0 Å². The molecule has 26 atom stereocenters. The van der Waals surface area contributed by atoms with Gasteiger partial charge in [0.15, 0.2) is 75.7 Å². The van der Waals surface area contributed by atoms with E-state index in [0.717, 1.165) is 87.0 Å². The molecule has 0 bridgehead atoms. The van der Waals surface area contributed by atoms with Crippen molar-refractivity contribution in [2.24, 2.45) is 46.3 Å². The van der Waals surface area contributed by atoms with E-state index < -0.39 is 173 Å². The van der Waals surface area contributed by atoms with Gasteiger partial charge >= 0.3 is 47.8 Å². The van der Waals surface area contributed by atoms with E-state index in [1.54, 1.807) is 6.92 Å². The number of allylic oxidation sites excluding steroid dienone is 1. The Morgan fingerprint density at radius 3 is 1.75 bits per heavy atom. The smallest absolute Gasteiger partial charge is 0.303 e. The van der Waals surface area contributed by atoms with Crippen molar-refractivity contribution in [1.29, 1.82) is 0 Å². The fraction of sp³-hybridized carbons (Fsp3) is 0.848. The highest BCUT2D eigenvalue weighted by molar-refractivity contribution is 6.74. The van der Waals surface area contributed by atoms with E-state index in [-0.39, 0.29) is 40.4 Å². The van der Waals surface area contributed by atoms with Gasteiger partial charge in [0.25, 0.3) is 0 Å². The molecule has 25 nitrogen and oxygen atoms in total. The first-order valence-corrected chi connectivity index (χ1v) is 35.8. The fourth-order valence-corrected chi connectivity index (χ4v) is 18.3. The molecule has 0 aromatic carbocycles. The summed E-state index contributed by atoms with van der Waals surface area (Å²) in [4.78, 5) is 104. The lowest BCUT2D eigenvalue weighted by Gasteiger charge is -2.61. The van der Waals surface area contributed by atoms with Crippen LogP contribution in [0.4, 0.5) is 0 Å². The third-order valence-electron chi connectivity index (χ3n) is 21.8. The molecule has 0 aromatic heterocycles. The maximum absolute atomic E-state index is 13.5. The second kappa shape index (κ2) is 27.8. The topological polar surface area (TPSA) is 293 Å². The fourth-order valence-electron chi connectivity index (χ4n) is 16.9. The van der Waals surface area contributed by atoms with Crippen LogP contribution >= 0.6 is 0 Å². The predicted molar refractivity (Wildman–Crippen MR) is 322 cm³/mol. The summed E-state index contributed by atoms with van der Waals surface area (Å²) in [6.07, 6.45) is -14.5. The zero-order valence-electron chi connectivity index (χ0n) is 56.8. The van der Waals surface area contributed by atoms with Gasteiger partial charge in [-0.2, -0.15) is 0 Å². The molecule has 5 aliphatic heterocycles. The number of carbonyl (C=O) groups excluding carboxylic acids is 8. The normalized spacial score (nSPS) is 42.5. The Bertz CT molecular complexity index is 2770. The first kappa shape index (κ1) is 71.6. The van der Waals surface area contributed by atoms with Crippen LogP contribution in [0.25, 0.3) is 0 Å². The molecule has 26 heteroatoms. The van der Waals surface area contributed by atoms with Crippen molar-refractivity contribution in [3.63, 3.8) is 0 Å². The van der Waals surface area contributed by atoms with Gasteiger partial charge in [0.2, 0.25) is 0 Å². The largest absolute Gasteiger partial charge is 0.463 e.